The van der Waals surface area contributed by atoms with Crippen molar-refractivity contribution >= 4 is 17.9 Å². The molecule has 0 saturated heterocycles. The van der Waals surface area contributed by atoms with Gasteiger partial charge in [0.2, 0.25) is 0 Å². The number of hydrogen-bond acceptors (Lipinski definition) is 6. The number of unbranched alkanes of at least 4 members (excludes halogenated alkanes) is 1. The second kappa shape index (κ2) is 12.9. The van der Waals surface area contributed by atoms with Crippen LogP contribution in [0.3, 0.4) is 0 Å². The summed E-state index contributed by atoms with van der Waals surface area (Å²) in [5.41, 5.74) is 3.66. The van der Waals surface area contributed by atoms with Gasteiger partial charge in [-0.15, -0.1) is 0 Å². The van der Waals surface area contributed by atoms with Crippen LogP contribution in [0.5, 0.6) is 5.75 Å². The largest absolute Gasteiger partial charge is 0.494 e. The minimum atomic E-state index is -0.577. The minimum absolute atomic E-state index is 0.0381. The van der Waals surface area contributed by atoms with Gasteiger partial charge in [0.1, 0.15) is 17.4 Å². The van der Waals surface area contributed by atoms with Gasteiger partial charge in [-0.1, -0.05) is 31.5 Å². The van der Waals surface area contributed by atoms with Crippen molar-refractivity contribution in [2.45, 2.75) is 33.1 Å². The Bertz CT molecular complexity index is 1430. The molecule has 2 heterocycles. The number of nitriles is 1. The summed E-state index contributed by atoms with van der Waals surface area (Å²) in [7, 11) is 1.56. The molecule has 4 rings (SSSR count). The number of amides is 2. The second-order valence-electron chi connectivity index (χ2n) is 9.22. The number of benzene rings is 2. The molecule has 0 spiro atoms. The van der Waals surface area contributed by atoms with Crippen LogP contribution in [0.25, 0.3) is 23.0 Å². The Labute approximate surface area is 228 Å². The van der Waals surface area contributed by atoms with Crippen LogP contribution in [0.4, 0.5) is 0 Å². The molecule has 39 heavy (non-hydrogen) atoms. The molecule has 0 radical (unpaired) electrons. The fraction of sp³-hybridized carbons (Fsp3) is 0.290. The Morgan fingerprint density at radius 2 is 1.74 bits per heavy atom. The zero-order valence-corrected chi connectivity index (χ0v) is 22.5. The molecule has 1 aromatic heterocycles. The SMILES string of the molecule is CCCCOc1ccc(-c2nn(-c3ccccc3)cc2/C=C2/C(=O)N(CCCOC)C(=O)C(C#N)=C2C)cc1. The highest BCUT2D eigenvalue weighted by molar-refractivity contribution is 6.19. The van der Waals surface area contributed by atoms with E-state index in [9.17, 15) is 14.9 Å². The van der Waals surface area contributed by atoms with E-state index in [1.807, 2.05) is 66.9 Å². The number of carbonyl (C=O) groups is 2. The van der Waals surface area contributed by atoms with Gasteiger partial charge in [0.25, 0.3) is 11.8 Å². The molecule has 2 aromatic carbocycles. The van der Waals surface area contributed by atoms with Crippen molar-refractivity contribution < 1.29 is 19.1 Å². The van der Waals surface area contributed by atoms with Crippen LogP contribution in [0, 0.1) is 11.3 Å². The topological polar surface area (TPSA) is 97.4 Å². The highest BCUT2D eigenvalue weighted by Crippen LogP contribution is 2.32. The van der Waals surface area contributed by atoms with Gasteiger partial charge in [0.05, 0.1) is 18.0 Å². The number of para-hydroxylation sites is 1. The second-order valence-corrected chi connectivity index (χ2v) is 9.22. The smallest absolute Gasteiger partial charge is 0.271 e. The van der Waals surface area contributed by atoms with Crippen LogP contribution in [0.2, 0.25) is 0 Å². The van der Waals surface area contributed by atoms with Crippen molar-refractivity contribution in [1.82, 2.24) is 14.7 Å². The number of nitrogens with zero attached hydrogens (tertiary/aromatic N) is 4. The third-order valence-electron chi connectivity index (χ3n) is 6.51. The maximum absolute atomic E-state index is 13.5. The molecule has 0 N–H and O–H groups in total. The first-order valence-electron chi connectivity index (χ1n) is 13.0. The lowest BCUT2D eigenvalue weighted by Gasteiger charge is -2.27. The van der Waals surface area contributed by atoms with Crippen molar-refractivity contribution in [3.8, 4) is 28.8 Å². The zero-order chi connectivity index (χ0) is 27.8. The number of rotatable bonds is 11. The Kier molecular flexibility index (Phi) is 9.08. The lowest BCUT2D eigenvalue weighted by molar-refractivity contribution is -0.140. The molecule has 0 saturated carbocycles. The third kappa shape index (κ3) is 6.16. The van der Waals surface area contributed by atoms with Gasteiger partial charge in [-0.25, -0.2) is 4.68 Å². The Morgan fingerprint density at radius 3 is 2.41 bits per heavy atom. The fourth-order valence-corrected chi connectivity index (χ4v) is 4.33. The quantitative estimate of drug-likeness (QED) is 0.191. The minimum Gasteiger partial charge on any atom is -0.494 e. The Hall–Kier alpha value is -4.48. The summed E-state index contributed by atoms with van der Waals surface area (Å²) >= 11 is 0. The van der Waals surface area contributed by atoms with Gasteiger partial charge in [-0.2, -0.15) is 10.4 Å². The first-order valence-corrected chi connectivity index (χ1v) is 13.0. The van der Waals surface area contributed by atoms with Gasteiger partial charge < -0.3 is 9.47 Å². The van der Waals surface area contributed by atoms with Crippen LogP contribution in [0.1, 0.15) is 38.7 Å². The molecule has 3 aromatic rings. The van der Waals surface area contributed by atoms with Crippen molar-refractivity contribution in [3.63, 3.8) is 0 Å². The molecule has 0 unspecified atom stereocenters. The lowest BCUT2D eigenvalue weighted by atomic mass is 9.93. The van der Waals surface area contributed by atoms with Gasteiger partial charge >= 0.3 is 0 Å². The zero-order valence-electron chi connectivity index (χ0n) is 22.5. The summed E-state index contributed by atoms with van der Waals surface area (Å²) < 4.78 is 12.7. The molecule has 8 heteroatoms. The molecular formula is C31H32N4O4. The van der Waals surface area contributed by atoms with Crippen LogP contribution in [0.15, 0.2) is 77.5 Å². The number of ether oxygens (including phenoxy) is 2. The first kappa shape index (κ1) is 27.6. The van der Waals surface area contributed by atoms with Crippen molar-refractivity contribution in [2.24, 2.45) is 0 Å². The number of imide groups is 1. The standard InChI is InChI=1S/C31H32N4O4/c1-4-5-18-39-26-14-12-23(13-15-26)29-24(21-35(33-29)25-10-7-6-8-11-25)19-27-22(2)28(20-32)31(37)34(30(27)36)16-9-17-38-3/h6-8,10-15,19,21H,4-5,9,16-18H2,1-3H3/b27-19+. The maximum atomic E-state index is 13.5. The van der Waals surface area contributed by atoms with E-state index in [0.717, 1.165) is 34.7 Å². The van der Waals surface area contributed by atoms with Crippen LogP contribution < -0.4 is 4.74 Å². The van der Waals surface area contributed by atoms with Gasteiger partial charge in [0, 0.05) is 43.2 Å². The summed E-state index contributed by atoms with van der Waals surface area (Å²) in [4.78, 5) is 27.5. The highest BCUT2D eigenvalue weighted by atomic mass is 16.5. The molecule has 0 bridgehead atoms. The van der Waals surface area contributed by atoms with Crippen LogP contribution in [-0.2, 0) is 14.3 Å². The molecule has 200 valence electrons. The summed E-state index contributed by atoms with van der Waals surface area (Å²) in [5.74, 6) is -0.238. The van der Waals surface area contributed by atoms with Crippen LogP contribution in [-0.4, -0.2) is 53.4 Å². The molecule has 1 aliphatic heterocycles. The molecule has 0 aliphatic carbocycles. The number of carbonyl (C=O) groups excluding carboxylic acids is 2. The predicted octanol–water partition coefficient (Wildman–Crippen LogP) is 5.35. The lowest BCUT2D eigenvalue weighted by Crippen LogP contribution is -2.43. The van der Waals surface area contributed by atoms with E-state index in [-0.39, 0.29) is 17.7 Å². The normalized spacial score (nSPS) is 14.7. The van der Waals surface area contributed by atoms with Crippen LogP contribution >= 0.6 is 0 Å². The van der Waals surface area contributed by atoms with Crippen molar-refractivity contribution in [1.29, 1.82) is 5.26 Å². The first-order chi connectivity index (χ1) is 19.0. The monoisotopic (exact) mass is 524 g/mol. The van der Waals surface area contributed by atoms with E-state index in [4.69, 9.17) is 14.6 Å². The van der Waals surface area contributed by atoms with E-state index < -0.39 is 11.8 Å². The maximum Gasteiger partial charge on any atom is 0.271 e. The fourth-order valence-electron chi connectivity index (χ4n) is 4.33. The number of hydrogen-bond donors (Lipinski definition) is 0. The average Bonchev–Trinajstić information content (AvgIpc) is 3.38. The van der Waals surface area contributed by atoms with E-state index in [1.54, 1.807) is 24.8 Å². The number of aromatic nitrogens is 2. The molecule has 2 amide bonds. The molecular weight excluding hydrogens is 492 g/mol. The average molecular weight is 525 g/mol. The summed E-state index contributed by atoms with van der Waals surface area (Å²) in [6, 6.07) is 19.4. The Morgan fingerprint density at radius 1 is 1.00 bits per heavy atom. The number of methoxy groups -OCH3 is 1. The van der Waals surface area contributed by atoms with Gasteiger partial charge in [0.15, 0.2) is 0 Å². The summed E-state index contributed by atoms with van der Waals surface area (Å²) in [5, 5.41) is 14.6. The van der Waals surface area contributed by atoms with Crippen molar-refractivity contribution in [2.75, 3.05) is 26.9 Å². The van der Waals surface area contributed by atoms with E-state index in [2.05, 4.69) is 6.92 Å². The highest BCUT2D eigenvalue weighted by Gasteiger charge is 2.35. The summed E-state index contributed by atoms with van der Waals surface area (Å²) in [6.07, 6.45) is 6.09. The predicted molar refractivity (Wildman–Crippen MR) is 149 cm³/mol. The third-order valence-corrected chi connectivity index (χ3v) is 6.51. The van der Waals surface area contributed by atoms with E-state index in [0.29, 0.717) is 36.5 Å². The summed E-state index contributed by atoms with van der Waals surface area (Å²) in [6.45, 7) is 4.97. The Balaban J connectivity index is 1.79. The van der Waals surface area contributed by atoms with E-state index >= 15 is 0 Å². The molecule has 1 aliphatic rings. The van der Waals surface area contributed by atoms with Gasteiger partial charge in [-0.05, 0) is 67.8 Å². The molecule has 0 fully saturated rings. The van der Waals surface area contributed by atoms with E-state index in [1.165, 1.54) is 0 Å². The molecule has 0 atom stereocenters. The van der Waals surface area contributed by atoms with Gasteiger partial charge in [-0.3, -0.25) is 14.5 Å². The van der Waals surface area contributed by atoms with Crippen molar-refractivity contribution in [3.05, 3.63) is 83.1 Å². The molecule has 8 nitrogen and oxygen atoms in total.